The number of ether oxygens (including phenoxy) is 1. The van der Waals surface area contributed by atoms with E-state index in [0.29, 0.717) is 18.7 Å². The van der Waals surface area contributed by atoms with Crippen molar-refractivity contribution in [2.45, 2.75) is 13.0 Å². The van der Waals surface area contributed by atoms with E-state index in [0.717, 1.165) is 12.1 Å². The Morgan fingerprint density at radius 1 is 1.56 bits per heavy atom. The van der Waals surface area contributed by atoms with Gasteiger partial charge in [-0.2, -0.15) is 0 Å². The second-order valence-corrected chi connectivity index (χ2v) is 3.87. The highest BCUT2D eigenvalue weighted by molar-refractivity contribution is 5.43. The molecule has 5 heteroatoms. The van der Waals surface area contributed by atoms with Crippen LogP contribution in [-0.2, 0) is 4.74 Å². The van der Waals surface area contributed by atoms with Crippen molar-refractivity contribution < 1.29 is 9.66 Å². The zero-order chi connectivity index (χ0) is 11.5. The van der Waals surface area contributed by atoms with Gasteiger partial charge < -0.3 is 10.1 Å². The van der Waals surface area contributed by atoms with Crippen molar-refractivity contribution in [1.29, 1.82) is 0 Å². The molecular formula is C11H14N2O3. The van der Waals surface area contributed by atoms with Gasteiger partial charge in [0.05, 0.1) is 17.6 Å². The summed E-state index contributed by atoms with van der Waals surface area (Å²) in [5.41, 5.74) is 1.70. The average Bonchev–Trinajstić information content (AvgIpc) is 2.30. The Labute approximate surface area is 93.6 Å². The van der Waals surface area contributed by atoms with Crippen LogP contribution in [0.25, 0.3) is 0 Å². The Kier molecular flexibility index (Phi) is 3.17. The highest BCUT2D eigenvalue weighted by atomic mass is 16.6. The molecule has 0 saturated carbocycles. The third-order valence-corrected chi connectivity index (χ3v) is 2.73. The molecule has 0 bridgehead atoms. The molecule has 2 rings (SSSR count). The van der Waals surface area contributed by atoms with Gasteiger partial charge in [-0.05, 0) is 12.5 Å². The Hall–Kier alpha value is -1.46. The maximum atomic E-state index is 10.8. The minimum absolute atomic E-state index is 0.0759. The number of hydrogen-bond donors (Lipinski definition) is 1. The predicted octanol–water partition coefficient (Wildman–Crippen LogP) is 1.56. The Balaban J connectivity index is 2.27. The fourth-order valence-corrected chi connectivity index (χ4v) is 1.80. The SMILES string of the molecule is Cc1ccc(C2CNCCO2)cc1[N+](=O)[O-]. The van der Waals surface area contributed by atoms with Crippen molar-refractivity contribution in [3.05, 3.63) is 39.4 Å². The highest BCUT2D eigenvalue weighted by Crippen LogP contribution is 2.25. The van der Waals surface area contributed by atoms with Crippen LogP contribution in [0.2, 0.25) is 0 Å². The fourth-order valence-electron chi connectivity index (χ4n) is 1.80. The minimum atomic E-state index is -0.352. The maximum Gasteiger partial charge on any atom is 0.272 e. The van der Waals surface area contributed by atoms with Crippen LogP contribution in [0, 0.1) is 17.0 Å². The van der Waals surface area contributed by atoms with Crippen LogP contribution >= 0.6 is 0 Å². The number of hydrogen-bond acceptors (Lipinski definition) is 4. The molecule has 1 N–H and O–H groups in total. The van der Waals surface area contributed by atoms with Crippen molar-refractivity contribution in [3.63, 3.8) is 0 Å². The molecule has 1 aromatic rings. The molecule has 1 atom stereocenters. The summed E-state index contributed by atoms with van der Waals surface area (Å²) < 4.78 is 5.55. The summed E-state index contributed by atoms with van der Waals surface area (Å²) in [6.07, 6.45) is -0.0759. The molecule has 0 radical (unpaired) electrons. The Morgan fingerprint density at radius 3 is 3.00 bits per heavy atom. The van der Waals surface area contributed by atoms with Gasteiger partial charge in [-0.25, -0.2) is 0 Å². The van der Waals surface area contributed by atoms with E-state index in [1.54, 1.807) is 19.1 Å². The van der Waals surface area contributed by atoms with E-state index in [4.69, 9.17) is 4.74 Å². The van der Waals surface area contributed by atoms with Crippen LogP contribution < -0.4 is 5.32 Å². The number of rotatable bonds is 2. The van der Waals surface area contributed by atoms with E-state index in [9.17, 15) is 10.1 Å². The first-order valence-corrected chi connectivity index (χ1v) is 5.26. The zero-order valence-corrected chi connectivity index (χ0v) is 9.10. The Bertz CT molecular complexity index is 400. The molecule has 16 heavy (non-hydrogen) atoms. The quantitative estimate of drug-likeness (QED) is 0.609. The van der Waals surface area contributed by atoms with Crippen molar-refractivity contribution in [1.82, 2.24) is 5.32 Å². The molecule has 0 aromatic heterocycles. The number of morpholine rings is 1. The summed E-state index contributed by atoms with van der Waals surface area (Å²) in [7, 11) is 0. The van der Waals surface area contributed by atoms with Crippen LogP contribution in [-0.4, -0.2) is 24.6 Å². The Morgan fingerprint density at radius 2 is 2.38 bits per heavy atom. The number of nitro groups is 1. The molecule has 5 nitrogen and oxygen atoms in total. The van der Waals surface area contributed by atoms with Crippen molar-refractivity contribution in [2.75, 3.05) is 19.7 Å². The van der Waals surface area contributed by atoms with E-state index in [1.165, 1.54) is 0 Å². The lowest BCUT2D eigenvalue weighted by Crippen LogP contribution is -2.33. The van der Waals surface area contributed by atoms with E-state index >= 15 is 0 Å². The minimum Gasteiger partial charge on any atom is -0.371 e. The number of aryl methyl sites for hydroxylation is 1. The van der Waals surface area contributed by atoms with Gasteiger partial charge in [0, 0.05) is 24.7 Å². The van der Waals surface area contributed by atoms with Gasteiger partial charge in [0.2, 0.25) is 0 Å². The standard InChI is InChI=1S/C11H14N2O3/c1-8-2-3-9(6-10(8)13(14)15)11-7-12-4-5-16-11/h2-3,6,11-12H,4-5,7H2,1H3. The van der Waals surface area contributed by atoms with E-state index < -0.39 is 0 Å². The lowest BCUT2D eigenvalue weighted by molar-refractivity contribution is -0.385. The second-order valence-electron chi connectivity index (χ2n) is 3.87. The summed E-state index contributed by atoms with van der Waals surface area (Å²) in [4.78, 5) is 10.5. The van der Waals surface area contributed by atoms with Gasteiger partial charge in [-0.1, -0.05) is 12.1 Å². The van der Waals surface area contributed by atoms with E-state index in [-0.39, 0.29) is 16.7 Å². The number of nitro benzene ring substituents is 1. The summed E-state index contributed by atoms with van der Waals surface area (Å²) in [5.74, 6) is 0. The molecule has 1 aliphatic heterocycles. The molecule has 86 valence electrons. The number of nitrogens with one attached hydrogen (secondary N) is 1. The van der Waals surface area contributed by atoms with E-state index in [1.807, 2.05) is 6.07 Å². The zero-order valence-electron chi connectivity index (χ0n) is 9.10. The lowest BCUT2D eigenvalue weighted by Gasteiger charge is -2.23. The lowest BCUT2D eigenvalue weighted by atomic mass is 10.0. The molecule has 1 unspecified atom stereocenters. The summed E-state index contributed by atoms with van der Waals surface area (Å²) in [6, 6.07) is 5.26. The third kappa shape index (κ3) is 2.20. The molecule has 0 spiro atoms. The maximum absolute atomic E-state index is 10.8. The monoisotopic (exact) mass is 222 g/mol. The van der Waals surface area contributed by atoms with Gasteiger partial charge in [0.15, 0.2) is 0 Å². The smallest absolute Gasteiger partial charge is 0.272 e. The molecule has 1 aliphatic rings. The fraction of sp³-hybridized carbons (Fsp3) is 0.455. The predicted molar refractivity (Wildman–Crippen MR) is 59.4 cm³/mol. The topological polar surface area (TPSA) is 64.4 Å². The van der Waals surface area contributed by atoms with Crippen LogP contribution in [0.15, 0.2) is 18.2 Å². The van der Waals surface area contributed by atoms with Gasteiger partial charge in [-0.3, -0.25) is 10.1 Å². The van der Waals surface area contributed by atoms with Gasteiger partial charge in [0.1, 0.15) is 0 Å². The average molecular weight is 222 g/mol. The number of nitrogens with zero attached hydrogens (tertiary/aromatic N) is 1. The van der Waals surface area contributed by atoms with Crippen molar-refractivity contribution in [3.8, 4) is 0 Å². The molecule has 1 aromatic carbocycles. The van der Waals surface area contributed by atoms with Gasteiger partial charge in [0.25, 0.3) is 5.69 Å². The molecular weight excluding hydrogens is 208 g/mol. The van der Waals surface area contributed by atoms with Crippen LogP contribution in [0.1, 0.15) is 17.2 Å². The third-order valence-electron chi connectivity index (χ3n) is 2.73. The molecule has 1 heterocycles. The van der Waals surface area contributed by atoms with Gasteiger partial charge >= 0.3 is 0 Å². The number of benzene rings is 1. The van der Waals surface area contributed by atoms with E-state index in [2.05, 4.69) is 5.32 Å². The normalized spacial score (nSPS) is 20.7. The molecule has 1 saturated heterocycles. The van der Waals surface area contributed by atoms with Crippen molar-refractivity contribution >= 4 is 5.69 Å². The molecule has 0 amide bonds. The van der Waals surface area contributed by atoms with Crippen LogP contribution in [0.5, 0.6) is 0 Å². The van der Waals surface area contributed by atoms with Crippen molar-refractivity contribution in [2.24, 2.45) is 0 Å². The summed E-state index contributed by atoms with van der Waals surface area (Å²) >= 11 is 0. The van der Waals surface area contributed by atoms with Gasteiger partial charge in [-0.15, -0.1) is 0 Å². The largest absolute Gasteiger partial charge is 0.371 e. The van der Waals surface area contributed by atoms with Crippen LogP contribution in [0.4, 0.5) is 5.69 Å². The molecule has 0 aliphatic carbocycles. The second kappa shape index (κ2) is 4.59. The molecule has 1 fully saturated rings. The van der Waals surface area contributed by atoms with Crippen LogP contribution in [0.3, 0.4) is 0 Å². The first-order chi connectivity index (χ1) is 7.68. The first kappa shape index (κ1) is 11.0. The first-order valence-electron chi connectivity index (χ1n) is 5.26. The highest BCUT2D eigenvalue weighted by Gasteiger charge is 2.19. The summed E-state index contributed by atoms with van der Waals surface area (Å²) in [5, 5.41) is 14.0. The summed E-state index contributed by atoms with van der Waals surface area (Å²) in [6.45, 7) is 3.93.